The number of likely N-dealkylation sites (tertiary alicyclic amines) is 1. The van der Waals surface area contributed by atoms with Crippen molar-refractivity contribution >= 4 is 6.09 Å². The molecule has 1 saturated heterocycles. The minimum absolute atomic E-state index is 0.0859. The number of carbonyl (C=O) groups is 1. The van der Waals surface area contributed by atoms with E-state index in [9.17, 15) is 14.9 Å². The third-order valence-corrected chi connectivity index (χ3v) is 6.26. The van der Waals surface area contributed by atoms with Gasteiger partial charge in [0.25, 0.3) is 5.56 Å². The van der Waals surface area contributed by atoms with Gasteiger partial charge in [0.05, 0.1) is 22.9 Å². The summed E-state index contributed by atoms with van der Waals surface area (Å²) >= 11 is 0. The third kappa shape index (κ3) is 5.12. The molecule has 0 unspecified atom stereocenters. The second-order valence-corrected chi connectivity index (χ2v) is 9.83. The van der Waals surface area contributed by atoms with Crippen LogP contribution in [0.1, 0.15) is 50.8 Å². The fourth-order valence-electron chi connectivity index (χ4n) is 4.54. The zero-order chi connectivity index (χ0) is 25.2. The van der Waals surface area contributed by atoms with Gasteiger partial charge in [0, 0.05) is 42.7 Å². The fraction of sp³-hybridized carbons (Fsp3) is 0.357. The van der Waals surface area contributed by atoms with Crippen LogP contribution in [0.25, 0.3) is 22.4 Å². The summed E-state index contributed by atoms with van der Waals surface area (Å²) in [7, 11) is 0. The molecule has 3 heterocycles. The number of nitrogens with zero attached hydrogens (tertiary/aromatic N) is 4. The maximum Gasteiger partial charge on any atom is 0.410 e. The average Bonchev–Trinajstić information content (AvgIpc) is 2.84. The van der Waals surface area contributed by atoms with Crippen molar-refractivity contribution in [2.45, 2.75) is 52.2 Å². The van der Waals surface area contributed by atoms with Crippen LogP contribution in [0.15, 0.2) is 59.7 Å². The first kappa shape index (κ1) is 24.2. The number of ether oxygens (including phenoxy) is 1. The Bertz CT molecular complexity index is 1330. The first-order chi connectivity index (χ1) is 16.7. The van der Waals surface area contributed by atoms with Gasteiger partial charge >= 0.3 is 6.09 Å². The van der Waals surface area contributed by atoms with Crippen LogP contribution in [0.4, 0.5) is 4.79 Å². The van der Waals surface area contributed by atoms with E-state index in [-0.39, 0.29) is 17.7 Å². The molecule has 0 atom stereocenters. The van der Waals surface area contributed by atoms with Crippen molar-refractivity contribution in [2.24, 2.45) is 0 Å². The molecule has 3 aromatic rings. The molecule has 0 N–H and O–H groups in total. The molecule has 1 fully saturated rings. The first-order valence-corrected chi connectivity index (χ1v) is 11.8. The van der Waals surface area contributed by atoms with Crippen molar-refractivity contribution in [3.05, 3.63) is 76.3 Å². The number of rotatable bonds is 3. The number of aromatic nitrogens is 2. The molecule has 1 aliphatic heterocycles. The van der Waals surface area contributed by atoms with Gasteiger partial charge in [-0.05, 0) is 64.3 Å². The van der Waals surface area contributed by atoms with Crippen LogP contribution in [0, 0.1) is 18.3 Å². The molecule has 4 rings (SSSR count). The molecule has 0 spiro atoms. The molecule has 1 aromatic carbocycles. The lowest BCUT2D eigenvalue weighted by molar-refractivity contribution is 0.0187. The monoisotopic (exact) mass is 470 g/mol. The van der Waals surface area contributed by atoms with E-state index < -0.39 is 5.60 Å². The number of amides is 1. The highest BCUT2D eigenvalue weighted by Gasteiger charge is 2.29. The van der Waals surface area contributed by atoms with Crippen LogP contribution in [0.2, 0.25) is 0 Å². The summed E-state index contributed by atoms with van der Waals surface area (Å²) in [6.07, 6.45) is 4.54. The maximum atomic E-state index is 13.9. The van der Waals surface area contributed by atoms with Crippen molar-refractivity contribution in [2.75, 3.05) is 13.1 Å². The van der Waals surface area contributed by atoms with Gasteiger partial charge in [-0.25, -0.2) is 4.79 Å². The van der Waals surface area contributed by atoms with E-state index in [0.29, 0.717) is 42.6 Å². The molecule has 0 radical (unpaired) electrons. The Hall–Kier alpha value is -3.92. The Kier molecular flexibility index (Phi) is 6.74. The van der Waals surface area contributed by atoms with E-state index in [1.165, 1.54) is 0 Å². The normalized spacial score (nSPS) is 14.4. The largest absolute Gasteiger partial charge is 0.444 e. The van der Waals surface area contributed by atoms with Crippen molar-refractivity contribution < 1.29 is 9.53 Å². The number of pyridine rings is 2. The van der Waals surface area contributed by atoms with Crippen LogP contribution in [-0.4, -0.2) is 39.2 Å². The Morgan fingerprint density at radius 3 is 2.40 bits per heavy atom. The van der Waals surface area contributed by atoms with Gasteiger partial charge in [-0.3, -0.25) is 9.78 Å². The Morgan fingerprint density at radius 1 is 1.09 bits per heavy atom. The standard InChI is InChI=1S/C28H30N4O3/c1-19-23(24-11-7-8-14-30-24)18-32(26(33)25(19)22-10-6-5-9-20(22)17-29)21-12-15-31(16-13-21)27(34)35-28(2,3)4/h5-11,14,18,21H,12-13,15-16H2,1-4H3. The predicted octanol–water partition coefficient (Wildman–Crippen LogP) is 5.33. The van der Waals surface area contributed by atoms with Crippen LogP contribution in [0.3, 0.4) is 0 Å². The molecular formula is C28H30N4O3. The number of hydrogen-bond donors (Lipinski definition) is 0. The molecule has 1 aliphatic rings. The lowest BCUT2D eigenvalue weighted by atomic mass is 9.93. The van der Waals surface area contributed by atoms with E-state index >= 15 is 0 Å². The van der Waals surface area contributed by atoms with Gasteiger partial charge in [0.15, 0.2) is 0 Å². The smallest absolute Gasteiger partial charge is 0.410 e. The zero-order valence-corrected chi connectivity index (χ0v) is 20.6. The molecule has 0 saturated carbocycles. The number of benzene rings is 1. The van der Waals surface area contributed by atoms with Crippen LogP contribution in [0.5, 0.6) is 0 Å². The van der Waals surface area contributed by atoms with Gasteiger partial charge < -0.3 is 14.2 Å². The molecule has 0 aliphatic carbocycles. The summed E-state index contributed by atoms with van der Waals surface area (Å²) in [6.45, 7) is 8.46. The second-order valence-electron chi connectivity index (χ2n) is 9.83. The van der Waals surface area contributed by atoms with Crippen LogP contribution in [-0.2, 0) is 4.74 Å². The molecule has 2 aromatic heterocycles. The summed E-state index contributed by atoms with van der Waals surface area (Å²) in [5, 5.41) is 9.71. The summed E-state index contributed by atoms with van der Waals surface area (Å²) in [4.78, 5) is 32.6. The van der Waals surface area contributed by atoms with Gasteiger partial charge in [-0.15, -0.1) is 0 Å². The van der Waals surface area contributed by atoms with Crippen molar-refractivity contribution in [3.8, 4) is 28.5 Å². The van der Waals surface area contributed by atoms with Gasteiger partial charge in [0.1, 0.15) is 5.60 Å². The zero-order valence-electron chi connectivity index (χ0n) is 20.6. The second kappa shape index (κ2) is 9.75. The lowest BCUT2D eigenvalue weighted by Crippen LogP contribution is -2.43. The summed E-state index contributed by atoms with van der Waals surface area (Å²) in [5.41, 5.74) is 3.30. The third-order valence-electron chi connectivity index (χ3n) is 6.26. The minimum Gasteiger partial charge on any atom is -0.444 e. The van der Waals surface area contributed by atoms with Gasteiger partial charge in [-0.2, -0.15) is 5.26 Å². The molecule has 180 valence electrons. The average molecular weight is 471 g/mol. The van der Waals surface area contributed by atoms with Gasteiger partial charge in [-0.1, -0.05) is 24.3 Å². The van der Waals surface area contributed by atoms with Crippen molar-refractivity contribution in [1.82, 2.24) is 14.5 Å². The molecule has 7 nitrogen and oxygen atoms in total. The molecule has 7 heteroatoms. The first-order valence-electron chi connectivity index (χ1n) is 11.8. The quantitative estimate of drug-likeness (QED) is 0.516. The molecular weight excluding hydrogens is 440 g/mol. The van der Waals surface area contributed by atoms with Crippen molar-refractivity contribution in [1.29, 1.82) is 5.26 Å². The van der Waals surface area contributed by atoms with Crippen LogP contribution < -0.4 is 5.56 Å². The fourth-order valence-corrected chi connectivity index (χ4v) is 4.54. The minimum atomic E-state index is -0.553. The number of piperidine rings is 1. The van der Waals surface area contributed by atoms with E-state index in [2.05, 4.69) is 11.1 Å². The number of hydrogen-bond acceptors (Lipinski definition) is 5. The molecule has 35 heavy (non-hydrogen) atoms. The van der Waals surface area contributed by atoms with Crippen LogP contribution >= 0.6 is 0 Å². The summed E-state index contributed by atoms with van der Waals surface area (Å²) in [6, 6.07) is 15.0. The highest BCUT2D eigenvalue weighted by molar-refractivity contribution is 5.78. The Morgan fingerprint density at radius 2 is 1.77 bits per heavy atom. The Labute approximate surface area is 205 Å². The Balaban J connectivity index is 1.77. The summed E-state index contributed by atoms with van der Waals surface area (Å²) in [5.74, 6) is 0. The molecule has 1 amide bonds. The predicted molar refractivity (Wildman–Crippen MR) is 135 cm³/mol. The topological polar surface area (TPSA) is 88.2 Å². The maximum absolute atomic E-state index is 13.9. The number of nitriles is 1. The lowest BCUT2D eigenvalue weighted by Gasteiger charge is -2.34. The van der Waals surface area contributed by atoms with E-state index in [1.807, 2.05) is 64.2 Å². The van der Waals surface area contributed by atoms with E-state index in [0.717, 1.165) is 16.8 Å². The van der Waals surface area contributed by atoms with E-state index in [4.69, 9.17) is 4.74 Å². The highest BCUT2D eigenvalue weighted by atomic mass is 16.6. The highest BCUT2D eigenvalue weighted by Crippen LogP contribution is 2.32. The number of carbonyl (C=O) groups excluding carboxylic acids is 1. The summed E-state index contributed by atoms with van der Waals surface area (Å²) < 4.78 is 7.29. The molecule has 0 bridgehead atoms. The SMILES string of the molecule is Cc1c(-c2ccccn2)cn(C2CCN(C(=O)OC(C)(C)C)CC2)c(=O)c1-c1ccccc1C#N. The van der Waals surface area contributed by atoms with Gasteiger partial charge in [0.2, 0.25) is 0 Å². The van der Waals surface area contributed by atoms with E-state index in [1.54, 1.807) is 27.8 Å². The van der Waals surface area contributed by atoms with Crippen molar-refractivity contribution in [3.63, 3.8) is 0 Å².